The van der Waals surface area contributed by atoms with Crippen molar-refractivity contribution in [3.8, 4) is 6.07 Å². The minimum Gasteiger partial charge on any atom is -0.416 e. The molecule has 4 nitrogen and oxygen atoms in total. The fourth-order valence-electron chi connectivity index (χ4n) is 0.786. The summed E-state index contributed by atoms with van der Waals surface area (Å²) in [6.45, 7) is 5.61. The van der Waals surface area contributed by atoms with E-state index in [9.17, 15) is 0 Å². The van der Waals surface area contributed by atoms with E-state index >= 15 is 0 Å². The van der Waals surface area contributed by atoms with Crippen molar-refractivity contribution in [2.75, 3.05) is 5.75 Å². The summed E-state index contributed by atoms with van der Waals surface area (Å²) in [5.74, 6) is 1.40. The van der Waals surface area contributed by atoms with Crippen LogP contribution in [0.2, 0.25) is 0 Å². The minimum atomic E-state index is -0.276. The van der Waals surface area contributed by atoms with Crippen molar-refractivity contribution in [3.63, 3.8) is 0 Å². The van der Waals surface area contributed by atoms with E-state index in [1.807, 2.05) is 13.8 Å². The van der Waals surface area contributed by atoms with Gasteiger partial charge >= 0.3 is 0 Å². The summed E-state index contributed by atoms with van der Waals surface area (Å²) in [5, 5.41) is 16.9. The van der Waals surface area contributed by atoms with Gasteiger partial charge in [0.25, 0.3) is 5.22 Å². The quantitative estimate of drug-likeness (QED) is 0.715. The number of hydrogen-bond acceptors (Lipinski definition) is 5. The van der Waals surface area contributed by atoms with Crippen LogP contribution in [-0.2, 0) is 0 Å². The molecule has 0 aromatic carbocycles. The largest absolute Gasteiger partial charge is 0.416 e. The normalized spacial score (nSPS) is 11.3. The number of rotatable bonds is 4. The average molecular weight is 211 g/mol. The molecule has 0 unspecified atom stereocenters. The van der Waals surface area contributed by atoms with Crippen LogP contribution < -0.4 is 0 Å². The smallest absolute Gasteiger partial charge is 0.276 e. The van der Waals surface area contributed by atoms with Crippen LogP contribution in [0.3, 0.4) is 0 Å². The van der Waals surface area contributed by atoms with E-state index in [4.69, 9.17) is 9.68 Å². The maximum atomic E-state index is 8.78. The second-order valence-electron chi connectivity index (χ2n) is 3.68. The molecule has 0 amide bonds. The van der Waals surface area contributed by atoms with E-state index in [1.54, 1.807) is 6.92 Å². The highest BCUT2D eigenvalue weighted by atomic mass is 32.2. The molecule has 0 aliphatic carbocycles. The lowest BCUT2D eigenvalue weighted by Gasteiger charge is -2.12. The summed E-state index contributed by atoms with van der Waals surface area (Å²) in [6, 6.07) is 2.25. The van der Waals surface area contributed by atoms with Gasteiger partial charge in [0.15, 0.2) is 0 Å². The third-order valence-corrected chi connectivity index (χ3v) is 2.58. The zero-order chi connectivity index (χ0) is 10.6. The first-order valence-corrected chi connectivity index (χ1v) is 5.36. The first kappa shape index (κ1) is 11.1. The lowest BCUT2D eigenvalue weighted by Crippen LogP contribution is -2.08. The second-order valence-corrected chi connectivity index (χ2v) is 4.73. The summed E-state index contributed by atoms with van der Waals surface area (Å²) in [5.41, 5.74) is -0.276. The molecule has 0 atom stereocenters. The summed E-state index contributed by atoms with van der Waals surface area (Å²) in [4.78, 5) is 0. The van der Waals surface area contributed by atoms with E-state index < -0.39 is 0 Å². The Bertz CT molecular complexity index is 340. The van der Waals surface area contributed by atoms with Crippen LogP contribution in [0.25, 0.3) is 0 Å². The number of nitriles is 1. The van der Waals surface area contributed by atoms with E-state index in [0.717, 1.165) is 12.2 Å². The van der Waals surface area contributed by atoms with Crippen LogP contribution >= 0.6 is 11.8 Å². The predicted octanol–water partition coefficient (Wildman–Crippen LogP) is 2.41. The van der Waals surface area contributed by atoms with Gasteiger partial charge in [-0.25, -0.2) is 0 Å². The molecule has 0 bridgehead atoms. The van der Waals surface area contributed by atoms with Gasteiger partial charge < -0.3 is 4.42 Å². The summed E-state index contributed by atoms with van der Waals surface area (Å²) in [6.07, 6.45) is 0.815. The standard InChI is InChI=1S/C9H13N3OS/c1-7-11-12-8(13-7)14-5-4-9(2,3)6-10/h4-5H2,1-3H3. The fraction of sp³-hybridized carbons (Fsp3) is 0.667. The van der Waals surface area contributed by atoms with Crippen molar-refractivity contribution < 1.29 is 4.42 Å². The van der Waals surface area contributed by atoms with Gasteiger partial charge in [-0.3, -0.25) is 0 Å². The Morgan fingerprint density at radius 3 is 2.71 bits per heavy atom. The average Bonchev–Trinajstić information content (AvgIpc) is 2.51. The lowest BCUT2D eigenvalue weighted by atomic mass is 9.93. The Balaban J connectivity index is 2.33. The molecule has 0 N–H and O–H groups in total. The molecule has 76 valence electrons. The number of nitrogens with zero attached hydrogens (tertiary/aromatic N) is 3. The van der Waals surface area contributed by atoms with Crippen molar-refractivity contribution in [1.82, 2.24) is 10.2 Å². The molecule has 1 heterocycles. The highest BCUT2D eigenvalue weighted by Crippen LogP contribution is 2.24. The third kappa shape index (κ3) is 3.38. The Hall–Kier alpha value is -1.02. The summed E-state index contributed by atoms with van der Waals surface area (Å²) in [7, 11) is 0. The van der Waals surface area contributed by atoms with E-state index in [-0.39, 0.29) is 5.41 Å². The van der Waals surface area contributed by atoms with Crippen LogP contribution in [0.4, 0.5) is 0 Å². The van der Waals surface area contributed by atoms with E-state index in [2.05, 4.69) is 16.3 Å². The van der Waals surface area contributed by atoms with Gasteiger partial charge in [-0.05, 0) is 20.3 Å². The van der Waals surface area contributed by atoms with Crippen LogP contribution in [0.5, 0.6) is 0 Å². The Kier molecular flexibility index (Phi) is 3.53. The molecule has 0 spiro atoms. The molecule has 0 fully saturated rings. The summed E-state index contributed by atoms with van der Waals surface area (Å²) < 4.78 is 5.19. The molecule has 0 aliphatic rings. The predicted molar refractivity (Wildman–Crippen MR) is 53.8 cm³/mol. The zero-order valence-corrected chi connectivity index (χ0v) is 9.39. The van der Waals surface area contributed by atoms with Gasteiger partial charge in [0, 0.05) is 12.7 Å². The van der Waals surface area contributed by atoms with Crippen LogP contribution in [0.15, 0.2) is 9.64 Å². The molecule has 0 radical (unpaired) electrons. The first-order valence-electron chi connectivity index (χ1n) is 4.38. The van der Waals surface area contributed by atoms with Crippen molar-refractivity contribution in [3.05, 3.63) is 5.89 Å². The van der Waals surface area contributed by atoms with Crippen LogP contribution in [0.1, 0.15) is 26.2 Å². The third-order valence-electron chi connectivity index (χ3n) is 1.76. The van der Waals surface area contributed by atoms with Crippen LogP contribution in [-0.4, -0.2) is 16.0 Å². The molecule has 14 heavy (non-hydrogen) atoms. The topological polar surface area (TPSA) is 62.7 Å². The molecule has 0 aliphatic heterocycles. The first-order chi connectivity index (χ1) is 6.53. The highest BCUT2D eigenvalue weighted by molar-refractivity contribution is 7.99. The van der Waals surface area contributed by atoms with Crippen molar-refractivity contribution >= 4 is 11.8 Å². The van der Waals surface area contributed by atoms with E-state index in [0.29, 0.717) is 11.1 Å². The minimum absolute atomic E-state index is 0.276. The molecular formula is C9H13N3OS. The second kappa shape index (κ2) is 4.47. The SMILES string of the molecule is Cc1nnc(SCCC(C)(C)C#N)o1. The van der Waals surface area contributed by atoms with Gasteiger partial charge in [-0.15, -0.1) is 10.2 Å². The van der Waals surface area contributed by atoms with Crippen molar-refractivity contribution in [1.29, 1.82) is 5.26 Å². The number of thioether (sulfide) groups is 1. The zero-order valence-electron chi connectivity index (χ0n) is 8.57. The fourth-order valence-corrected chi connectivity index (χ4v) is 1.85. The maximum Gasteiger partial charge on any atom is 0.276 e. The Morgan fingerprint density at radius 1 is 1.50 bits per heavy atom. The Morgan fingerprint density at radius 2 is 2.21 bits per heavy atom. The van der Waals surface area contributed by atoms with Crippen molar-refractivity contribution in [2.24, 2.45) is 5.41 Å². The molecule has 1 rings (SSSR count). The molecule has 0 saturated heterocycles. The van der Waals surface area contributed by atoms with E-state index in [1.165, 1.54) is 11.8 Å². The van der Waals surface area contributed by atoms with Crippen molar-refractivity contribution in [2.45, 2.75) is 32.4 Å². The number of aromatic nitrogens is 2. The molecular weight excluding hydrogens is 198 g/mol. The monoisotopic (exact) mass is 211 g/mol. The number of aryl methyl sites for hydroxylation is 1. The molecule has 1 aromatic rings. The lowest BCUT2D eigenvalue weighted by molar-refractivity contribution is 0.427. The molecule has 1 aromatic heterocycles. The molecule has 0 saturated carbocycles. The highest BCUT2D eigenvalue weighted by Gasteiger charge is 2.16. The Labute approximate surface area is 87.7 Å². The molecule has 5 heteroatoms. The number of hydrogen-bond donors (Lipinski definition) is 0. The maximum absolute atomic E-state index is 8.78. The van der Waals surface area contributed by atoms with Crippen LogP contribution in [0, 0.1) is 23.7 Å². The van der Waals surface area contributed by atoms with Gasteiger partial charge in [-0.2, -0.15) is 5.26 Å². The van der Waals surface area contributed by atoms with Gasteiger partial charge in [0.2, 0.25) is 5.89 Å². The van der Waals surface area contributed by atoms with Gasteiger partial charge in [0.1, 0.15) is 0 Å². The summed E-state index contributed by atoms with van der Waals surface area (Å²) >= 11 is 1.49. The van der Waals surface area contributed by atoms with Gasteiger partial charge in [0.05, 0.1) is 11.5 Å². The van der Waals surface area contributed by atoms with Gasteiger partial charge in [-0.1, -0.05) is 11.8 Å².